The van der Waals surface area contributed by atoms with Crippen molar-refractivity contribution < 1.29 is 23.8 Å². The van der Waals surface area contributed by atoms with Crippen molar-refractivity contribution in [3.05, 3.63) is 156 Å². The van der Waals surface area contributed by atoms with E-state index in [-0.39, 0.29) is 17.5 Å². The molecule has 0 spiro atoms. The SMILES string of the molecule is COC(=O)[C@H](Cc1ccc(Oc2ccccc2)cc1)N(C(=O)c1cc2ccc(Oc3ccc(C(C)(C)C)cc3)cc2cn1)c1ccccc1. The number of para-hydroxylation sites is 2. The molecule has 0 N–H and O–H groups in total. The zero-order chi connectivity index (χ0) is 34.4. The number of ether oxygens (including phenoxy) is 3. The van der Waals surface area contributed by atoms with Gasteiger partial charge in [-0.25, -0.2) is 4.79 Å². The average molecular weight is 651 g/mol. The molecule has 6 rings (SSSR count). The summed E-state index contributed by atoms with van der Waals surface area (Å²) < 4.78 is 17.3. The Labute approximate surface area is 286 Å². The van der Waals surface area contributed by atoms with E-state index in [1.54, 1.807) is 24.4 Å². The van der Waals surface area contributed by atoms with Crippen LogP contribution >= 0.6 is 0 Å². The molecule has 0 aliphatic carbocycles. The number of rotatable bonds is 10. The highest BCUT2D eigenvalue weighted by Crippen LogP contribution is 2.30. The molecule has 49 heavy (non-hydrogen) atoms. The van der Waals surface area contributed by atoms with Crippen LogP contribution in [-0.2, 0) is 21.4 Å². The van der Waals surface area contributed by atoms with Gasteiger partial charge in [0.25, 0.3) is 5.91 Å². The zero-order valence-electron chi connectivity index (χ0n) is 28.0. The standard InChI is InChI=1S/C42H38N2O5/c1-42(2,3)32-18-23-36(24-19-32)49-37-22-17-30-27-38(43-28-31(30)26-37)40(45)44(33-11-7-5-8-12-33)39(41(46)47-4)25-29-15-20-35(21-16-29)48-34-13-9-6-10-14-34/h5-24,26-28,39H,25H2,1-4H3/t39-/m0/s1. The first-order valence-corrected chi connectivity index (χ1v) is 16.1. The molecule has 1 heterocycles. The molecule has 6 aromatic rings. The second-order valence-corrected chi connectivity index (χ2v) is 12.8. The third-order valence-corrected chi connectivity index (χ3v) is 8.24. The van der Waals surface area contributed by atoms with Crippen LogP contribution in [0.25, 0.3) is 10.8 Å². The minimum Gasteiger partial charge on any atom is -0.467 e. The minimum absolute atomic E-state index is 0.0545. The molecule has 1 atom stereocenters. The molecule has 7 heteroatoms. The number of carbonyl (C=O) groups is 2. The number of anilines is 1. The normalized spacial score (nSPS) is 11.8. The van der Waals surface area contributed by atoms with Crippen molar-refractivity contribution in [1.29, 1.82) is 0 Å². The topological polar surface area (TPSA) is 78.0 Å². The van der Waals surface area contributed by atoms with Crippen molar-refractivity contribution in [3.8, 4) is 23.0 Å². The van der Waals surface area contributed by atoms with Crippen LogP contribution in [-0.4, -0.2) is 30.0 Å². The van der Waals surface area contributed by atoms with E-state index in [9.17, 15) is 9.59 Å². The van der Waals surface area contributed by atoms with Crippen LogP contribution in [0.1, 0.15) is 42.4 Å². The van der Waals surface area contributed by atoms with Gasteiger partial charge in [0.05, 0.1) is 7.11 Å². The van der Waals surface area contributed by atoms with Gasteiger partial charge >= 0.3 is 5.97 Å². The summed E-state index contributed by atoms with van der Waals surface area (Å²) in [5.74, 6) is 1.81. The molecule has 0 saturated heterocycles. The van der Waals surface area contributed by atoms with Crippen LogP contribution in [0.15, 0.2) is 140 Å². The molecule has 7 nitrogen and oxygen atoms in total. The number of carbonyl (C=O) groups excluding carboxylic acids is 2. The Hall–Kier alpha value is -5.95. The molecule has 0 radical (unpaired) electrons. The second-order valence-electron chi connectivity index (χ2n) is 12.8. The number of benzene rings is 5. The van der Waals surface area contributed by atoms with Gasteiger partial charge in [-0.15, -0.1) is 0 Å². The smallest absolute Gasteiger partial charge is 0.329 e. The first kappa shape index (κ1) is 33.0. The van der Waals surface area contributed by atoms with Crippen molar-refractivity contribution >= 4 is 28.3 Å². The maximum atomic E-state index is 14.3. The molecule has 5 aromatic carbocycles. The highest BCUT2D eigenvalue weighted by Gasteiger charge is 2.33. The quantitative estimate of drug-likeness (QED) is 0.137. The van der Waals surface area contributed by atoms with Gasteiger partial charge in [0.15, 0.2) is 0 Å². The predicted molar refractivity (Wildman–Crippen MR) is 193 cm³/mol. The van der Waals surface area contributed by atoms with Crippen molar-refractivity contribution in [3.63, 3.8) is 0 Å². The first-order valence-electron chi connectivity index (χ1n) is 16.1. The number of methoxy groups -OCH3 is 1. The number of aromatic nitrogens is 1. The monoisotopic (exact) mass is 650 g/mol. The fraction of sp³-hybridized carbons (Fsp3) is 0.167. The predicted octanol–water partition coefficient (Wildman–Crippen LogP) is 9.55. The summed E-state index contributed by atoms with van der Waals surface area (Å²) >= 11 is 0. The Bertz CT molecular complexity index is 2040. The molecule has 1 aromatic heterocycles. The lowest BCUT2D eigenvalue weighted by Crippen LogP contribution is -2.47. The summed E-state index contributed by atoms with van der Waals surface area (Å²) in [4.78, 5) is 33.7. The Morgan fingerprint density at radius 2 is 1.24 bits per heavy atom. The van der Waals surface area contributed by atoms with E-state index in [4.69, 9.17) is 14.2 Å². The minimum atomic E-state index is -0.960. The molecule has 0 saturated carbocycles. The molecule has 0 fully saturated rings. The molecule has 0 aliphatic heterocycles. The van der Waals surface area contributed by atoms with Crippen LogP contribution in [0.5, 0.6) is 23.0 Å². The van der Waals surface area contributed by atoms with Gasteiger partial charge in [-0.05, 0) is 88.7 Å². The van der Waals surface area contributed by atoms with Gasteiger partial charge in [0.2, 0.25) is 0 Å². The van der Waals surface area contributed by atoms with Crippen molar-refractivity contribution in [2.45, 2.75) is 38.6 Å². The summed E-state index contributed by atoms with van der Waals surface area (Å²) in [6, 6.07) is 40.6. The van der Waals surface area contributed by atoms with Gasteiger partial charge in [0, 0.05) is 23.7 Å². The number of hydrogen-bond acceptors (Lipinski definition) is 6. The average Bonchev–Trinajstić information content (AvgIpc) is 3.12. The summed E-state index contributed by atoms with van der Waals surface area (Å²) in [7, 11) is 1.33. The Morgan fingerprint density at radius 1 is 0.673 bits per heavy atom. The van der Waals surface area contributed by atoms with Gasteiger partial charge in [0.1, 0.15) is 34.7 Å². The number of fused-ring (bicyclic) bond motifs is 1. The van der Waals surface area contributed by atoms with Crippen LogP contribution in [0.4, 0.5) is 5.69 Å². The van der Waals surface area contributed by atoms with Crippen molar-refractivity contribution in [2.24, 2.45) is 0 Å². The molecular weight excluding hydrogens is 612 g/mol. The number of nitrogens with zero attached hydrogens (tertiary/aromatic N) is 2. The fourth-order valence-electron chi connectivity index (χ4n) is 5.57. The molecule has 246 valence electrons. The van der Waals surface area contributed by atoms with Crippen molar-refractivity contribution in [1.82, 2.24) is 4.98 Å². The maximum absolute atomic E-state index is 14.3. The fourth-order valence-corrected chi connectivity index (χ4v) is 5.57. The van der Waals surface area contributed by atoms with Crippen molar-refractivity contribution in [2.75, 3.05) is 12.0 Å². The Morgan fingerprint density at radius 3 is 1.88 bits per heavy atom. The third-order valence-electron chi connectivity index (χ3n) is 8.24. The van der Waals surface area contributed by atoms with E-state index < -0.39 is 17.9 Å². The van der Waals surface area contributed by atoms with E-state index in [0.717, 1.165) is 27.8 Å². The van der Waals surface area contributed by atoms with E-state index in [2.05, 4.69) is 37.9 Å². The lowest BCUT2D eigenvalue weighted by molar-refractivity contribution is -0.142. The molecule has 0 bridgehead atoms. The highest BCUT2D eigenvalue weighted by atomic mass is 16.5. The molecule has 0 unspecified atom stereocenters. The third kappa shape index (κ3) is 7.96. The summed E-state index contributed by atoms with van der Waals surface area (Å²) in [5, 5.41) is 1.62. The number of hydrogen-bond donors (Lipinski definition) is 0. The van der Waals surface area contributed by atoms with E-state index in [1.807, 2.05) is 103 Å². The lowest BCUT2D eigenvalue weighted by Gasteiger charge is -2.30. The highest BCUT2D eigenvalue weighted by molar-refractivity contribution is 6.09. The van der Waals surface area contributed by atoms with Gasteiger partial charge in [-0.2, -0.15) is 0 Å². The van der Waals surface area contributed by atoms with E-state index in [1.165, 1.54) is 17.6 Å². The van der Waals surface area contributed by atoms with Crippen LogP contribution in [0.2, 0.25) is 0 Å². The number of pyridine rings is 1. The summed E-state index contributed by atoms with van der Waals surface area (Å²) in [6.07, 6.45) is 1.86. The van der Waals surface area contributed by atoms with Gasteiger partial charge < -0.3 is 14.2 Å². The molecule has 0 aliphatic rings. The van der Waals surface area contributed by atoms with Gasteiger partial charge in [-0.1, -0.05) is 87.5 Å². The Balaban J connectivity index is 1.26. The number of amides is 1. The molecular formula is C42H38N2O5. The summed E-state index contributed by atoms with van der Waals surface area (Å²) in [6.45, 7) is 6.53. The van der Waals surface area contributed by atoms with Crippen LogP contribution in [0, 0.1) is 0 Å². The van der Waals surface area contributed by atoms with E-state index >= 15 is 0 Å². The van der Waals surface area contributed by atoms with E-state index in [0.29, 0.717) is 17.2 Å². The van der Waals surface area contributed by atoms with Crippen LogP contribution in [0.3, 0.4) is 0 Å². The largest absolute Gasteiger partial charge is 0.467 e. The second kappa shape index (κ2) is 14.4. The number of esters is 1. The molecule has 1 amide bonds. The lowest BCUT2D eigenvalue weighted by atomic mass is 9.87. The summed E-state index contributed by atoms with van der Waals surface area (Å²) in [5.41, 5.74) is 2.86. The first-order chi connectivity index (χ1) is 23.7. The maximum Gasteiger partial charge on any atom is 0.329 e. The van der Waals surface area contributed by atoms with Gasteiger partial charge in [-0.3, -0.25) is 14.7 Å². The zero-order valence-corrected chi connectivity index (χ0v) is 28.0. The van der Waals surface area contributed by atoms with Crippen LogP contribution < -0.4 is 14.4 Å². The Kier molecular flexibility index (Phi) is 9.72.